The lowest BCUT2D eigenvalue weighted by Crippen LogP contribution is -2.67. The first-order valence-corrected chi connectivity index (χ1v) is 13.6. The molecule has 3 rings (SSSR count). The first-order valence-electron chi connectivity index (χ1n) is 12.4. The zero-order valence-corrected chi connectivity index (χ0v) is 24.1. The van der Waals surface area contributed by atoms with E-state index in [2.05, 4.69) is 0 Å². The van der Waals surface area contributed by atoms with Gasteiger partial charge in [0.15, 0.2) is 12.2 Å². The van der Waals surface area contributed by atoms with Gasteiger partial charge in [-0.1, -0.05) is 17.7 Å². The van der Waals surface area contributed by atoms with Crippen LogP contribution < -0.4 is 0 Å². The van der Waals surface area contributed by atoms with E-state index in [1.165, 1.54) is 12.1 Å². The first kappa shape index (κ1) is 31.7. The van der Waals surface area contributed by atoms with Crippen molar-refractivity contribution in [3.8, 4) is 0 Å². The molecule has 1 unspecified atom stereocenters. The smallest absolute Gasteiger partial charge is 0.417 e. The van der Waals surface area contributed by atoms with Crippen molar-refractivity contribution >= 4 is 46.7 Å². The van der Waals surface area contributed by atoms with E-state index in [1.54, 1.807) is 19.1 Å². The van der Waals surface area contributed by atoms with Crippen LogP contribution in [0.4, 0.5) is 4.79 Å². The molecule has 2 fully saturated rings. The van der Waals surface area contributed by atoms with Crippen molar-refractivity contribution in [3.63, 3.8) is 0 Å². The fraction of sp³-hybridized carbons (Fsp3) is 0.538. The largest absolute Gasteiger partial charge is 0.466 e. The van der Waals surface area contributed by atoms with Gasteiger partial charge in [-0.2, -0.15) is 0 Å². The molecule has 0 N–H and O–H groups in total. The molecule has 14 nitrogen and oxygen atoms in total. The summed E-state index contributed by atoms with van der Waals surface area (Å²) in [7, 11) is -1.28. The summed E-state index contributed by atoms with van der Waals surface area (Å²) in [5, 5.41) is 0. The highest BCUT2D eigenvalue weighted by atomic mass is 32.2. The van der Waals surface area contributed by atoms with Crippen LogP contribution in [0, 0.1) is 6.92 Å². The molecule has 2 aliphatic rings. The van der Waals surface area contributed by atoms with Crippen molar-refractivity contribution in [2.45, 2.75) is 81.3 Å². The third-order valence-electron chi connectivity index (χ3n) is 6.39. The van der Waals surface area contributed by atoms with Crippen LogP contribution in [0.3, 0.4) is 0 Å². The summed E-state index contributed by atoms with van der Waals surface area (Å²) in [6.45, 7) is 5.41. The maximum absolute atomic E-state index is 14.1. The third kappa shape index (κ3) is 6.73. The van der Waals surface area contributed by atoms with Crippen molar-refractivity contribution in [1.82, 2.24) is 4.90 Å². The molecule has 0 saturated carbocycles. The number of rotatable bonds is 9. The Bertz CT molecular complexity index is 1250. The summed E-state index contributed by atoms with van der Waals surface area (Å²) >= 11 is 0. The Balaban J connectivity index is 2.24. The maximum Gasteiger partial charge on any atom is 0.417 e. The van der Waals surface area contributed by atoms with Gasteiger partial charge in [-0.05, 0) is 19.1 Å². The van der Waals surface area contributed by atoms with E-state index in [-0.39, 0.29) is 4.90 Å². The highest BCUT2D eigenvalue weighted by Crippen LogP contribution is 2.44. The van der Waals surface area contributed by atoms with Gasteiger partial charge >= 0.3 is 30.0 Å². The van der Waals surface area contributed by atoms with Crippen LogP contribution >= 0.6 is 0 Å². The van der Waals surface area contributed by atoms with Gasteiger partial charge < -0.3 is 28.4 Å². The number of ether oxygens (including phenoxy) is 6. The van der Waals surface area contributed by atoms with E-state index in [4.69, 9.17) is 28.4 Å². The molecule has 41 heavy (non-hydrogen) atoms. The van der Waals surface area contributed by atoms with Crippen LogP contribution in [0.1, 0.15) is 39.7 Å². The number of hydrogen-bond donors (Lipinski definition) is 0. The zero-order valence-electron chi connectivity index (χ0n) is 23.3. The van der Waals surface area contributed by atoms with Gasteiger partial charge in [0, 0.05) is 39.0 Å². The summed E-state index contributed by atoms with van der Waals surface area (Å²) in [6, 6.07) is 4.99. The SMILES string of the molecule is COC(=O)[C@@]1(S(=O)c2ccc(C)cc2)C[C@@H]2OC(=O)N(C(C)=O)[C@H]2[C@H]([C@H](OC(C)=O)[C@@H](COC(C)=O)OC(C)=O)O1. The Labute approximate surface area is 238 Å². The summed E-state index contributed by atoms with van der Waals surface area (Å²) < 4.78 is 46.5. The quantitative estimate of drug-likeness (QED) is 0.290. The molecule has 7 atom stereocenters. The van der Waals surface area contributed by atoms with Crippen molar-refractivity contribution in [2.24, 2.45) is 0 Å². The van der Waals surface area contributed by atoms with Crippen LogP contribution in [-0.4, -0.2) is 94.1 Å². The molecule has 2 saturated heterocycles. The van der Waals surface area contributed by atoms with Crippen LogP contribution in [0.15, 0.2) is 29.2 Å². The van der Waals surface area contributed by atoms with Crippen molar-refractivity contribution in [3.05, 3.63) is 29.8 Å². The highest BCUT2D eigenvalue weighted by molar-refractivity contribution is 7.87. The Kier molecular flexibility index (Phi) is 9.86. The number of methoxy groups -OCH3 is 1. The van der Waals surface area contributed by atoms with Crippen LogP contribution in [0.5, 0.6) is 0 Å². The van der Waals surface area contributed by atoms with Gasteiger partial charge in [0.05, 0.1) is 17.9 Å². The summed E-state index contributed by atoms with van der Waals surface area (Å²) in [4.78, 5) is 73.2. The van der Waals surface area contributed by atoms with Crippen LogP contribution in [0.25, 0.3) is 0 Å². The standard InChI is InChI=1S/C26H31NO13S/c1-13-7-9-18(10-8-13)41(34)26(24(32)35-6)11-19-21(27(14(2)28)25(33)39-19)23(40-26)22(38-17(5)31)20(37-16(4)30)12-36-15(3)29/h7-10,19-23H,11-12H2,1-6H3/t19-,20+,21+,22+,23+,26-,41?/m0/s1. The monoisotopic (exact) mass is 597 g/mol. The minimum atomic E-state index is -2.34. The topological polar surface area (TPSA) is 178 Å². The minimum Gasteiger partial charge on any atom is -0.466 e. The Hall–Kier alpha value is -3.85. The fourth-order valence-corrected chi connectivity index (χ4v) is 6.27. The number of carbonyl (C=O) groups excluding carboxylic acids is 6. The number of benzene rings is 1. The number of aryl methyl sites for hydroxylation is 1. The second-order valence-electron chi connectivity index (χ2n) is 9.44. The molecule has 0 bridgehead atoms. The number of nitrogens with zero attached hydrogens (tertiary/aromatic N) is 1. The molecule has 0 aromatic heterocycles. The molecule has 2 heterocycles. The van der Waals surface area contributed by atoms with E-state index in [1.807, 2.05) is 0 Å². The molecular weight excluding hydrogens is 566 g/mol. The molecule has 2 aliphatic heterocycles. The fourth-order valence-electron chi connectivity index (χ4n) is 4.76. The van der Waals surface area contributed by atoms with Gasteiger partial charge in [0.25, 0.3) is 0 Å². The molecular formula is C26H31NO13S. The van der Waals surface area contributed by atoms with E-state index in [0.29, 0.717) is 4.90 Å². The molecule has 0 aliphatic carbocycles. The molecule has 1 aromatic carbocycles. The summed E-state index contributed by atoms with van der Waals surface area (Å²) in [5.74, 6) is -4.42. The van der Waals surface area contributed by atoms with Crippen molar-refractivity contribution < 1.29 is 61.4 Å². The number of carbonyl (C=O) groups is 6. The Morgan fingerprint density at radius 3 is 2.15 bits per heavy atom. The molecule has 224 valence electrons. The van der Waals surface area contributed by atoms with E-state index < -0.39 is 95.1 Å². The molecule has 0 spiro atoms. The second kappa shape index (κ2) is 12.8. The maximum atomic E-state index is 14.1. The average Bonchev–Trinajstić information content (AvgIpc) is 3.23. The van der Waals surface area contributed by atoms with E-state index >= 15 is 0 Å². The lowest BCUT2D eigenvalue weighted by atomic mass is 9.89. The number of esters is 4. The van der Waals surface area contributed by atoms with E-state index in [9.17, 15) is 33.0 Å². The second-order valence-corrected chi connectivity index (χ2v) is 11.1. The van der Waals surface area contributed by atoms with Crippen LogP contribution in [-0.2, 0) is 63.2 Å². The molecule has 1 aromatic rings. The minimum absolute atomic E-state index is 0.159. The Morgan fingerprint density at radius 1 is 1.02 bits per heavy atom. The number of hydrogen-bond acceptors (Lipinski definition) is 13. The van der Waals surface area contributed by atoms with E-state index in [0.717, 1.165) is 40.4 Å². The highest BCUT2D eigenvalue weighted by Gasteiger charge is 2.65. The third-order valence-corrected chi connectivity index (χ3v) is 8.12. The van der Waals surface area contributed by atoms with Gasteiger partial charge in [0.1, 0.15) is 24.9 Å². The number of fused-ring (bicyclic) bond motifs is 1. The zero-order chi connectivity index (χ0) is 30.6. The normalized spacial score (nSPS) is 25.6. The van der Waals surface area contributed by atoms with Crippen molar-refractivity contribution in [1.29, 1.82) is 0 Å². The van der Waals surface area contributed by atoms with Gasteiger partial charge in [-0.25, -0.2) is 14.5 Å². The first-order chi connectivity index (χ1) is 19.2. The molecule has 2 amide bonds. The number of amides is 2. The Morgan fingerprint density at radius 2 is 1.63 bits per heavy atom. The molecule has 15 heteroatoms. The van der Waals surface area contributed by atoms with Gasteiger partial charge in [-0.15, -0.1) is 0 Å². The average molecular weight is 598 g/mol. The number of imide groups is 1. The van der Waals surface area contributed by atoms with Crippen LogP contribution in [0.2, 0.25) is 0 Å². The van der Waals surface area contributed by atoms with Gasteiger partial charge in [0.2, 0.25) is 10.8 Å². The molecule has 0 radical (unpaired) electrons. The predicted molar refractivity (Wildman–Crippen MR) is 136 cm³/mol. The lowest BCUT2D eigenvalue weighted by molar-refractivity contribution is -0.219. The summed E-state index contributed by atoms with van der Waals surface area (Å²) in [6.07, 6.45) is -7.82. The lowest BCUT2D eigenvalue weighted by Gasteiger charge is -2.46. The van der Waals surface area contributed by atoms with Gasteiger partial charge in [-0.3, -0.25) is 23.4 Å². The van der Waals surface area contributed by atoms with Crippen molar-refractivity contribution in [2.75, 3.05) is 13.7 Å². The predicted octanol–water partition coefficient (Wildman–Crippen LogP) is 0.923. The summed E-state index contributed by atoms with van der Waals surface area (Å²) in [5.41, 5.74) is 0.840.